The van der Waals surface area contributed by atoms with Gasteiger partial charge in [-0.15, -0.1) is 0 Å². The molecule has 0 aliphatic heterocycles. The molecule has 3 rings (SSSR count). The summed E-state index contributed by atoms with van der Waals surface area (Å²) in [4.78, 5) is 36.4. The third-order valence-electron chi connectivity index (χ3n) is 4.38. The van der Waals surface area contributed by atoms with E-state index in [2.05, 4.69) is 20.7 Å². The molecule has 0 atom stereocenters. The Morgan fingerprint density at radius 1 is 0.938 bits per heavy atom. The Morgan fingerprint density at radius 3 is 2.34 bits per heavy atom. The fraction of sp³-hybridized carbons (Fsp3) is 0.0870. The number of nitrogens with one attached hydrogen (secondary N) is 3. The summed E-state index contributed by atoms with van der Waals surface area (Å²) in [6, 6.07) is 16.5. The third-order valence-corrected chi connectivity index (χ3v) is 4.69. The number of benzene rings is 3. The normalized spacial score (nSPS) is 10.2. The van der Waals surface area contributed by atoms with Crippen molar-refractivity contribution in [2.45, 2.75) is 0 Å². The molecule has 3 aromatic carbocycles. The molecule has 32 heavy (non-hydrogen) atoms. The second-order valence-corrected chi connectivity index (χ2v) is 7.00. The monoisotopic (exact) mass is 455 g/mol. The standard InChI is InChI=1S/C23H19ClFN3O4/c1-32-23(31)14-6-9-16(10-7-14)27-21(29)13-26-19-5-3-2-4-17(19)22(30)28-20-11-8-15(25)12-18(20)24/h2-12,26H,13H2,1H3,(H,27,29)(H,28,30). The van der Waals surface area contributed by atoms with Crippen LogP contribution in [0.5, 0.6) is 0 Å². The predicted molar refractivity (Wildman–Crippen MR) is 121 cm³/mol. The summed E-state index contributed by atoms with van der Waals surface area (Å²) >= 11 is 5.97. The summed E-state index contributed by atoms with van der Waals surface area (Å²) in [6.07, 6.45) is 0. The minimum Gasteiger partial charge on any atom is -0.465 e. The van der Waals surface area contributed by atoms with Gasteiger partial charge in [-0.1, -0.05) is 23.7 Å². The topological polar surface area (TPSA) is 96.5 Å². The lowest BCUT2D eigenvalue weighted by atomic mass is 10.1. The van der Waals surface area contributed by atoms with Crippen LogP contribution < -0.4 is 16.0 Å². The second-order valence-electron chi connectivity index (χ2n) is 6.59. The van der Waals surface area contributed by atoms with E-state index in [4.69, 9.17) is 11.6 Å². The number of esters is 1. The number of amides is 2. The van der Waals surface area contributed by atoms with Crippen molar-refractivity contribution in [2.24, 2.45) is 0 Å². The molecule has 0 saturated carbocycles. The van der Waals surface area contributed by atoms with Gasteiger partial charge in [0.1, 0.15) is 5.82 Å². The first kappa shape index (κ1) is 22.8. The lowest BCUT2D eigenvalue weighted by Gasteiger charge is -2.13. The van der Waals surface area contributed by atoms with Crippen molar-refractivity contribution in [2.75, 3.05) is 29.6 Å². The van der Waals surface area contributed by atoms with E-state index in [1.807, 2.05) is 0 Å². The molecule has 0 aliphatic rings. The van der Waals surface area contributed by atoms with E-state index in [1.165, 1.54) is 31.4 Å². The summed E-state index contributed by atoms with van der Waals surface area (Å²) in [5, 5.41) is 8.31. The maximum absolute atomic E-state index is 13.2. The summed E-state index contributed by atoms with van der Waals surface area (Å²) in [5.41, 5.74) is 1.84. The molecule has 0 heterocycles. The first-order chi connectivity index (χ1) is 15.4. The zero-order valence-electron chi connectivity index (χ0n) is 16.9. The highest BCUT2D eigenvalue weighted by molar-refractivity contribution is 6.34. The van der Waals surface area contributed by atoms with Crippen molar-refractivity contribution in [1.82, 2.24) is 0 Å². The molecular weight excluding hydrogens is 437 g/mol. The maximum atomic E-state index is 13.2. The maximum Gasteiger partial charge on any atom is 0.337 e. The number of para-hydroxylation sites is 1. The summed E-state index contributed by atoms with van der Waals surface area (Å²) < 4.78 is 17.8. The number of rotatable bonds is 7. The molecule has 0 spiro atoms. The fourth-order valence-electron chi connectivity index (χ4n) is 2.80. The lowest BCUT2D eigenvalue weighted by Crippen LogP contribution is -2.23. The van der Waals surface area contributed by atoms with Crippen LogP contribution in [0.4, 0.5) is 21.5 Å². The SMILES string of the molecule is COC(=O)c1ccc(NC(=O)CNc2ccccc2C(=O)Nc2ccc(F)cc2Cl)cc1. The van der Waals surface area contributed by atoms with Crippen LogP contribution in [0.1, 0.15) is 20.7 Å². The highest BCUT2D eigenvalue weighted by Gasteiger charge is 2.14. The van der Waals surface area contributed by atoms with Crippen LogP contribution >= 0.6 is 11.6 Å². The molecule has 2 amide bonds. The van der Waals surface area contributed by atoms with E-state index in [0.29, 0.717) is 16.9 Å². The number of halogens is 2. The lowest BCUT2D eigenvalue weighted by molar-refractivity contribution is -0.114. The van der Waals surface area contributed by atoms with Crippen LogP contribution in [0.25, 0.3) is 0 Å². The van der Waals surface area contributed by atoms with Crippen LogP contribution in [0.3, 0.4) is 0 Å². The average molecular weight is 456 g/mol. The molecule has 9 heteroatoms. The van der Waals surface area contributed by atoms with Crippen molar-refractivity contribution in [3.63, 3.8) is 0 Å². The number of hydrogen-bond acceptors (Lipinski definition) is 5. The first-order valence-electron chi connectivity index (χ1n) is 9.45. The van der Waals surface area contributed by atoms with Gasteiger partial charge in [0.25, 0.3) is 5.91 Å². The van der Waals surface area contributed by atoms with Gasteiger partial charge in [-0.05, 0) is 54.6 Å². The first-order valence-corrected chi connectivity index (χ1v) is 9.82. The fourth-order valence-corrected chi connectivity index (χ4v) is 3.02. The molecule has 0 unspecified atom stereocenters. The zero-order valence-corrected chi connectivity index (χ0v) is 17.7. The van der Waals surface area contributed by atoms with E-state index >= 15 is 0 Å². The Hall–Kier alpha value is -3.91. The summed E-state index contributed by atoms with van der Waals surface area (Å²) in [5.74, 6) is -1.81. The largest absolute Gasteiger partial charge is 0.465 e. The van der Waals surface area contributed by atoms with E-state index < -0.39 is 17.7 Å². The van der Waals surface area contributed by atoms with Crippen molar-refractivity contribution >= 4 is 46.4 Å². The van der Waals surface area contributed by atoms with E-state index in [-0.39, 0.29) is 28.7 Å². The van der Waals surface area contributed by atoms with Crippen LogP contribution in [-0.2, 0) is 9.53 Å². The number of carbonyl (C=O) groups is 3. The Bertz CT molecular complexity index is 1150. The van der Waals surface area contributed by atoms with Crippen molar-refractivity contribution in [1.29, 1.82) is 0 Å². The molecule has 164 valence electrons. The van der Waals surface area contributed by atoms with E-state index in [0.717, 1.165) is 6.07 Å². The van der Waals surface area contributed by atoms with Gasteiger partial charge in [-0.3, -0.25) is 9.59 Å². The zero-order chi connectivity index (χ0) is 23.1. The highest BCUT2D eigenvalue weighted by atomic mass is 35.5. The molecule has 0 aliphatic carbocycles. The van der Waals surface area contributed by atoms with E-state index in [9.17, 15) is 18.8 Å². The number of ether oxygens (including phenoxy) is 1. The average Bonchev–Trinajstić information content (AvgIpc) is 2.79. The van der Waals surface area contributed by atoms with Crippen molar-refractivity contribution < 1.29 is 23.5 Å². The molecule has 0 saturated heterocycles. The number of hydrogen-bond donors (Lipinski definition) is 3. The van der Waals surface area contributed by atoms with Crippen molar-refractivity contribution in [3.8, 4) is 0 Å². The number of carbonyl (C=O) groups excluding carboxylic acids is 3. The number of anilines is 3. The molecule has 0 radical (unpaired) electrons. The molecule has 0 fully saturated rings. The number of methoxy groups -OCH3 is 1. The van der Waals surface area contributed by atoms with Gasteiger partial charge < -0.3 is 20.7 Å². The van der Waals surface area contributed by atoms with E-state index in [1.54, 1.807) is 36.4 Å². The van der Waals surface area contributed by atoms with Crippen LogP contribution in [-0.4, -0.2) is 31.4 Å². The quantitative estimate of drug-likeness (QED) is 0.453. The van der Waals surface area contributed by atoms with Gasteiger partial charge in [0.2, 0.25) is 5.91 Å². The Morgan fingerprint density at radius 2 is 1.66 bits per heavy atom. The molecule has 7 nitrogen and oxygen atoms in total. The summed E-state index contributed by atoms with van der Waals surface area (Å²) in [7, 11) is 1.29. The smallest absolute Gasteiger partial charge is 0.337 e. The summed E-state index contributed by atoms with van der Waals surface area (Å²) in [6.45, 7) is -0.111. The molecule has 0 bridgehead atoms. The van der Waals surface area contributed by atoms with Crippen molar-refractivity contribution in [3.05, 3.63) is 88.7 Å². The van der Waals surface area contributed by atoms with Crippen LogP contribution in [0.15, 0.2) is 66.7 Å². The van der Waals surface area contributed by atoms with Gasteiger partial charge in [-0.2, -0.15) is 0 Å². The Balaban J connectivity index is 1.62. The highest BCUT2D eigenvalue weighted by Crippen LogP contribution is 2.24. The Kier molecular flexibility index (Phi) is 7.41. The molecule has 0 aromatic heterocycles. The minimum absolute atomic E-state index is 0.0707. The predicted octanol–water partition coefficient (Wildman–Crippen LogP) is 4.57. The third kappa shape index (κ3) is 5.83. The van der Waals surface area contributed by atoms with Crippen LogP contribution in [0.2, 0.25) is 5.02 Å². The molecular formula is C23H19ClFN3O4. The van der Waals surface area contributed by atoms with Gasteiger partial charge in [0.15, 0.2) is 0 Å². The van der Waals surface area contributed by atoms with Gasteiger partial charge in [0, 0.05) is 11.4 Å². The van der Waals surface area contributed by atoms with Gasteiger partial charge in [-0.25, -0.2) is 9.18 Å². The van der Waals surface area contributed by atoms with Crippen LogP contribution in [0, 0.1) is 5.82 Å². The minimum atomic E-state index is -0.513. The molecule has 3 N–H and O–H groups in total. The Labute approximate surface area is 188 Å². The van der Waals surface area contributed by atoms with Gasteiger partial charge >= 0.3 is 5.97 Å². The van der Waals surface area contributed by atoms with Gasteiger partial charge in [0.05, 0.1) is 35.5 Å². The molecule has 3 aromatic rings. The second kappa shape index (κ2) is 10.4.